The van der Waals surface area contributed by atoms with E-state index in [0.29, 0.717) is 6.54 Å². The second-order valence-corrected chi connectivity index (χ2v) is 6.15. The average Bonchev–Trinajstić information content (AvgIpc) is 2.69. The maximum absolute atomic E-state index is 12.5. The van der Waals surface area contributed by atoms with Crippen LogP contribution in [-0.4, -0.2) is 25.5 Å². The zero-order chi connectivity index (χ0) is 19.5. The SMILES string of the molecule is CCCCNC(=O)/C(=C\c1ccc(OC)cc1)NC(=O)Cc1ccccc1. The third-order valence-corrected chi connectivity index (χ3v) is 3.97. The van der Waals surface area contributed by atoms with Gasteiger partial charge in [0, 0.05) is 6.54 Å². The zero-order valence-electron chi connectivity index (χ0n) is 15.8. The molecule has 2 aromatic carbocycles. The second-order valence-electron chi connectivity index (χ2n) is 6.15. The first-order valence-corrected chi connectivity index (χ1v) is 9.10. The molecule has 0 atom stereocenters. The first kappa shape index (κ1) is 20.2. The largest absolute Gasteiger partial charge is 0.497 e. The van der Waals surface area contributed by atoms with Crippen LogP contribution in [-0.2, 0) is 16.0 Å². The molecule has 0 spiro atoms. The van der Waals surface area contributed by atoms with Gasteiger partial charge in [-0.2, -0.15) is 0 Å². The van der Waals surface area contributed by atoms with Gasteiger partial charge >= 0.3 is 0 Å². The van der Waals surface area contributed by atoms with E-state index < -0.39 is 0 Å². The lowest BCUT2D eigenvalue weighted by Crippen LogP contribution is -2.35. The standard InChI is InChI=1S/C22H26N2O3/c1-3-4-14-23-22(26)20(15-18-10-12-19(27-2)13-11-18)24-21(25)16-17-8-6-5-7-9-17/h5-13,15H,3-4,14,16H2,1-2H3,(H,23,26)(H,24,25)/b20-15+. The van der Waals surface area contributed by atoms with Crippen molar-refractivity contribution in [1.82, 2.24) is 10.6 Å². The van der Waals surface area contributed by atoms with Crippen molar-refractivity contribution in [3.63, 3.8) is 0 Å². The van der Waals surface area contributed by atoms with E-state index in [1.54, 1.807) is 13.2 Å². The number of carbonyl (C=O) groups excluding carboxylic acids is 2. The minimum absolute atomic E-state index is 0.211. The number of hydrogen-bond donors (Lipinski definition) is 2. The minimum atomic E-state index is -0.291. The molecule has 0 heterocycles. The van der Waals surface area contributed by atoms with E-state index in [1.807, 2.05) is 54.6 Å². The summed E-state index contributed by atoms with van der Waals surface area (Å²) in [5.41, 5.74) is 1.93. The monoisotopic (exact) mass is 366 g/mol. The third-order valence-electron chi connectivity index (χ3n) is 3.97. The lowest BCUT2D eigenvalue weighted by Gasteiger charge is -2.11. The molecule has 0 bridgehead atoms. The molecule has 0 aliphatic heterocycles. The summed E-state index contributed by atoms with van der Waals surface area (Å²) in [6.07, 6.45) is 3.75. The summed E-state index contributed by atoms with van der Waals surface area (Å²) in [5.74, 6) is 0.210. The molecule has 27 heavy (non-hydrogen) atoms. The van der Waals surface area contributed by atoms with Gasteiger partial charge in [-0.05, 0) is 35.8 Å². The quantitative estimate of drug-likeness (QED) is 0.528. The Bertz CT molecular complexity index is 768. The molecule has 0 saturated carbocycles. The molecule has 0 radical (unpaired) electrons. The van der Waals surface area contributed by atoms with Gasteiger partial charge in [-0.25, -0.2) is 0 Å². The summed E-state index contributed by atoms with van der Waals surface area (Å²) in [5, 5.41) is 5.60. The first-order valence-electron chi connectivity index (χ1n) is 9.10. The highest BCUT2D eigenvalue weighted by Gasteiger charge is 2.13. The number of hydrogen-bond acceptors (Lipinski definition) is 3. The van der Waals surface area contributed by atoms with Gasteiger partial charge < -0.3 is 15.4 Å². The normalized spacial score (nSPS) is 11.0. The summed E-state index contributed by atoms with van der Waals surface area (Å²) in [7, 11) is 1.60. The lowest BCUT2D eigenvalue weighted by atomic mass is 10.1. The number of carbonyl (C=O) groups is 2. The van der Waals surface area contributed by atoms with E-state index in [0.717, 1.165) is 29.7 Å². The van der Waals surface area contributed by atoms with E-state index in [9.17, 15) is 9.59 Å². The molecule has 0 saturated heterocycles. The van der Waals surface area contributed by atoms with Crippen LogP contribution in [0.5, 0.6) is 5.75 Å². The first-order chi connectivity index (χ1) is 13.1. The number of unbranched alkanes of at least 4 members (excludes halogenated alkanes) is 1. The molecule has 142 valence electrons. The Balaban J connectivity index is 2.13. The van der Waals surface area contributed by atoms with Crippen LogP contribution in [0, 0.1) is 0 Å². The van der Waals surface area contributed by atoms with Gasteiger partial charge in [0.05, 0.1) is 13.5 Å². The van der Waals surface area contributed by atoms with Crippen LogP contribution in [0.15, 0.2) is 60.3 Å². The molecule has 2 amide bonds. The topological polar surface area (TPSA) is 67.4 Å². The van der Waals surface area contributed by atoms with Crippen molar-refractivity contribution in [3.8, 4) is 5.75 Å². The fraction of sp³-hybridized carbons (Fsp3) is 0.273. The minimum Gasteiger partial charge on any atom is -0.497 e. The molecule has 2 aromatic rings. The van der Waals surface area contributed by atoms with Gasteiger partial charge in [0.15, 0.2) is 0 Å². The maximum atomic E-state index is 12.5. The van der Waals surface area contributed by atoms with Crippen LogP contribution >= 0.6 is 0 Å². The number of ether oxygens (including phenoxy) is 1. The molecule has 5 heteroatoms. The summed E-state index contributed by atoms with van der Waals surface area (Å²) in [6, 6.07) is 16.7. The van der Waals surface area contributed by atoms with E-state index in [4.69, 9.17) is 4.74 Å². The molecule has 5 nitrogen and oxygen atoms in total. The van der Waals surface area contributed by atoms with Crippen molar-refractivity contribution < 1.29 is 14.3 Å². The van der Waals surface area contributed by atoms with Crippen LogP contribution < -0.4 is 15.4 Å². The Kier molecular flexibility index (Phi) is 8.10. The Morgan fingerprint density at radius 3 is 2.37 bits per heavy atom. The number of amides is 2. The summed E-state index contributed by atoms with van der Waals surface area (Å²) >= 11 is 0. The van der Waals surface area contributed by atoms with Crippen molar-refractivity contribution in [1.29, 1.82) is 0 Å². The smallest absolute Gasteiger partial charge is 0.267 e. The van der Waals surface area contributed by atoms with Gasteiger partial charge in [0.1, 0.15) is 11.4 Å². The average molecular weight is 366 g/mol. The fourth-order valence-corrected chi connectivity index (χ4v) is 2.47. The highest BCUT2D eigenvalue weighted by Crippen LogP contribution is 2.13. The van der Waals surface area contributed by atoms with E-state index >= 15 is 0 Å². The zero-order valence-corrected chi connectivity index (χ0v) is 15.8. The van der Waals surface area contributed by atoms with Crippen LogP contribution in [0.2, 0.25) is 0 Å². The molecule has 0 aliphatic rings. The predicted molar refractivity (Wildman–Crippen MR) is 107 cm³/mol. The Labute approximate surface area is 160 Å². The van der Waals surface area contributed by atoms with Crippen molar-refractivity contribution in [2.75, 3.05) is 13.7 Å². The molecule has 2 rings (SSSR count). The highest BCUT2D eigenvalue weighted by molar-refractivity contribution is 6.01. The van der Waals surface area contributed by atoms with Gasteiger partial charge in [-0.3, -0.25) is 9.59 Å². The molecule has 0 aromatic heterocycles. The van der Waals surface area contributed by atoms with Crippen LogP contribution in [0.25, 0.3) is 6.08 Å². The third kappa shape index (κ3) is 6.98. The van der Waals surface area contributed by atoms with Gasteiger partial charge in [-0.15, -0.1) is 0 Å². The van der Waals surface area contributed by atoms with Crippen molar-refractivity contribution in [2.24, 2.45) is 0 Å². The van der Waals surface area contributed by atoms with Gasteiger partial charge in [0.2, 0.25) is 5.91 Å². The molecule has 0 unspecified atom stereocenters. The van der Waals surface area contributed by atoms with E-state index in [2.05, 4.69) is 17.6 Å². The molecular weight excluding hydrogens is 340 g/mol. The Morgan fingerprint density at radius 2 is 1.74 bits per heavy atom. The number of rotatable bonds is 9. The summed E-state index contributed by atoms with van der Waals surface area (Å²) in [6.45, 7) is 2.63. The van der Waals surface area contributed by atoms with Crippen LogP contribution in [0.4, 0.5) is 0 Å². The Morgan fingerprint density at radius 1 is 1.04 bits per heavy atom. The summed E-state index contributed by atoms with van der Waals surface area (Å²) < 4.78 is 5.15. The number of benzene rings is 2. The summed E-state index contributed by atoms with van der Waals surface area (Å²) in [4.78, 5) is 24.9. The van der Waals surface area contributed by atoms with Gasteiger partial charge in [0.25, 0.3) is 5.91 Å². The van der Waals surface area contributed by atoms with E-state index in [-0.39, 0.29) is 23.9 Å². The van der Waals surface area contributed by atoms with Gasteiger partial charge in [-0.1, -0.05) is 55.8 Å². The highest BCUT2D eigenvalue weighted by atomic mass is 16.5. The van der Waals surface area contributed by atoms with E-state index in [1.165, 1.54) is 0 Å². The maximum Gasteiger partial charge on any atom is 0.267 e. The second kappa shape index (κ2) is 10.8. The van der Waals surface area contributed by atoms with Crippen molar-refractivity contribution in [2.45, 2.75) is 26.2 Å². The number of nitrogens with one attached hydrogen (secondary N) is 2. The number of methoxy groups -OCH3 is 1. The lowest BCUT2D eigenvalue weighted by molar-refractivity contribution is -0.123. The van der Waals surface area contributed by atoms with Crippen LogP contribution in [0.3, 0.4) is 0 Å². The molecular formula is C22H26N2O3. The van der Waals surface area contributed by atoms with Crippen molar-refractivity contribution >= 4 is 17.9 Å². The molecule has 2 N–H and O–H groups in total. The van der Waals surface area contributed by atoms with Crippen molar-refractivity contribution in [3.05, 3.63) is 71.4 Å². The van der Waals surface area contributed by atoms with Crippen LogP contribution in [0.1, 0.15) is 30.9 Å². The Hall–Kier alpha value is -3.08. The fourth-order valence-electron chi connectivity index (χ4n) is 2.47. The predicted octanol–water partition coefficient (Wildman–Crippen LogP) is 3.31. The molecule has 0 fully saturated rings. The molecule has 0 aliphatic carbocycles.